The number of unbranched alkanes of at least 4 members (excludes halogenated alkanes) is 8. The summed E-state index contributed by atoms with van der Waals surface area (Å²) in [5, 5.41) is 2.28. The van der Waals surface area contributed by atoms with Gasteiger partial charge in [-0.1, -0.05) is 108 Å². The topological polar surface area (TPSA) is 26.3 Å². The molecule has 2 heteroatoms. The minimum atomic E-state index is -0.385. The fourth-order valence-electron chi connectivity index (χ4n) is 4.03. The summed E-state index contributed by atoms with van der Waals surface area (Å²) in [7, 11) is 0. The summed E-state index contributed by atoms with van der Waals surface area (Å²) in [6.07, 6.45) is 14.1. The third-order valence-corrected chi connectivity index (χ3v) is 6.09. The second-order valence-electron chi connectivity index (χ2n) is 8.79. The average molecular weight is 397 g/mol. The predicted octanol–water partition coefficient (Wildman–Crippen LogP) is 8.47. The minimum Gasteiger partial charge on any atom is -0.426 e. The van der Waals surface area contributed by atoms with Crippen molar-refractivity contribution in [3.8, 4) is 5.75 Å². The third-order valence-electron chi connectivity index (χ3n) is 6.09. The Hall–Kier alpha value is -1.83. The molecule has 2 aromatic rings. The first-order valence-corrected chi connectivity index (χ1v) is 11.8. The Bertz CT molecular complexity index is 736. The van der Waals surface area contributed by atoms with Crippen molar-refractivity contribution in [2.45, 2.75) is 97.8 Å². The van der Waals surface area contributed by atoms with Crippen LogP contribution in [-0.2, 0) is 4.79 Å². The highest BCUT2D eigenvalue weighted by Gasteiger charge is 2.34. The number of carbonyl (C=O) groups is 1. The minimum absolute atomic E-state index is 0.0576. The van der Waals surface area contributed by atoms with Crippen molar-refractivity contribution in [1.29, 1.82) is 0 Å². The lowest BCUT2D eigenvalue weighted by atomic mass is 9.79. The van der Waals surface area contributed by atoms with Crippen molar-refractivity contribution >= 4 is 16.7 Å². The number of fused-ring (bicyclic) bond motifs is 1. The first kappa shape index (κ1) is 23.4. The molecule has 0 heterocycles. The number of esters is 1. The highest BCUT2D eigenvalue weighted by Crippen LogP contribution is 2.34. The van der Waals surface area contributed by atoms with E-state index in [0.717, 1.165) is 31.1 Å². The zero-order valence-corrected chi connectivity index (χ0v) is 18.8. The molecule has 160 valence electrons. The molecule has 0 aliphatic rings. The zero-order valence-electron chi connectivity index (χ0n) is 18.8. The molecule has 0 aliphatic carbocycles. The summed E-state index contributed by atoms with van der Waals surface area (Å²) in [6, 6.07) is 14.1. The number of carbonyl (C=O) groups excluding carboxylic acids is 1. The lowest BCUT2D eigenvalue weighted by Crippen LogP contribution is -2.32. The fraction of sp³-hybridized carbons (Fsp3) is 0.593. The zero-order chi connectivity index (χ0) is 21.0. The van der Waals surface area contributed by atoms with Crippen molar-refractivity contribution in [3.63, 3.8) is 0 Å². The van der Waals surface area contributed by atoms with E-state index in [4.69, 9.17) is 4.74 Å². The van der Waals surface area contributed by atoms with Gasteiger partial charge in [-0.3, -0.25) is 4.79 Å². The number of hydrogen-bond donors (Lipinski definition) is 0. The quantitative estimate of drug-likeness (QED) is 0.182. The lowest BCUT2D eigenvalue weighted by Gasteiger charge is -2.27. The molecule has 29 heavy (non-hydrogen) atoms. The van der Waals surface area contributed by atoms with Crippen LogP contribution in [-0.4, -0.2) is 5.97 Å². The molecule has 0 radical (unpaired) electrons. The van der Waals surface area contributed by atoms with E-state index in [1.165, 1.54) is 56.8 Å². The fourth-order valence-corrected chi connectivity index (χ4v) is 4.03. The van der Waals surface area contributed by atoms with E-state index in [0.29, 0.717) is 5.75 Å². The van der Waals surface area contributed by atoms with Gasteiger partial charge < -0.3 is 4.74 Å². The Balaban J connectivity index is 1.99. The second-order valence-corrected chi connectivity index (χ2v) is 8.79. The van der Waals surface area contributed by atoms with Crippen LogP contribution in [0.2, 0.25) is 0 Å². The molecule has 2 rings (SSSR count). The summed E-state index contributed by atoms with van der Waals surface area (Å²) in [4.78, 5) is 13.2. The molecule has 0 bridgehead atoms. The van der Waals surface area contributed by atoms with E-state index < -0.39 is 0 Å². The largest absolute Gasteiger partial charge is 0.426 e. The molecule has 1 atom stereocenters. The van der Waals surface area contributed by atoms with Gasteiger partial charge in [0.25, 0.3) is 0 Å². The molecule has 1 unspecified atom stereocenters. The van der Waals surface area contributed by atoms with Gasteiger partial charge in [-0.25, -0.2) is 0 Å². The number of benzene rings is 2. The van der Waals surface area contributed by atoms with Gasteiger partial charge >= 0.3 is 5.97 Å². The van der Waals surface area contributed by atoms with Crippen LogP contribution in [0.15, 0.2) is 42.5 Å². The lowest BCUT2D eigenvalue weighted by molar-refractivity contribution is -0.146. The summed E-state index contributed by atoms with van der Waals surface area (Å²) >= 11 is 0. The van der Waals surface area contributed by atoms with E-state index in [2.05, 4.69) is 32.9 Å². The van der Waals surface area contributed by atoms with Crippen LogP contribution in [0.3, 0.4) is 0 Å². The van der Waals surface area contributed by atoms with Crippen LogP contribution in [0.25, 0.3) is 10.8 Å². The standard InChI is InChI=1S/C27H40O2/c1-4-6-8-10-11-15-21-27(3,20-14-9-7-5-2)26(28)29-25-19-18-23-16-12-13-17-24(23)22-25/h12-13,16-19,22H,4-11,14-15,20-21H2,1-3H3. The Labute approximate surface area is 178 Å². The van der Waals surface area contributed by atoms with Crippen LogP contribution in [0, 0.1) is 5.41 Å². The molecule has 0 aromatic heterocycles. The van der Waals surface area contributed by atoms with Crippen molar-refractivity contribution in [1.82, 2.24) is 0 Å². The van der Waals surface area contributed by atoms with Crippen LogP contribution >= 0.6 is 0 Å². The van der Waals surface area contributed by atoms with Crippen LogP contribution in [0.4, 0.5) is 0 Å². The molecule has 0 aliphatic heterocycles. The van der Waals surface area contributed by atoms with E-state index >= 15 is 0 Å². The summed E-state index contributed by atoms with van der Waals surface area (Å²) in [5.41, 5.74) is -0.385. The van der Waals surface area contributed by atoms with Gasteiger partial charge in [0, 0.05) is 0 Å². The maximum absolute atomic E-state index is 13.2. The van der Waals surface area contributed by atoms with Gasteiger partial charge in [0.1, 0.15) is 5.75 Å². The predicted molar refractivity (Wildman–Crippen MR) is 124 cm³/mol. The van der Waals surface area contributed by atoms with Crippen LogP contribution < -0.4 is 4.74 Å². The normalized spacial score (nSPS) is 13.3. The van der Waals surface area contributed by atoms with E-state index in [9.17, 15) is 4.79 Å². The molecule has 2 nitrogen and oxygen atoms in total. The summed E-state index contributed by atoms with van der Waals surface area (Å²) < 4.78 is 5.90. The maximum atomic E-state index is 13.2. The SMILES string of the molecule is CCCCCCCCC(C)(CCCCCC)C(=O)Oc1ccc2ccccc2c1. The molecule has 0 saturated heterocycles. The molecule has 0 spiro atoms. The summed E-state index contributed by atoms with van der Waals surface area (Å²) in [5.74, 6) is 0.606. The van der Waals surface area contributed by atoms with E-state index in [-0.39, 0.29) is 11.4 Å². The van der Waals surface area contributed by atoms with Gasteiger partial charge in [0.15, 0.2) is 0 Å². The van der Waals surface area contributed by atoms with Crippen molar-refractivity contribution in [2.24, 2.45) is 5.41 Å². The van der Waals surface area contributed by atoms with Gasteiger partial charge in [0.2, 0.25) is 0 Å². The molecule has 0 amide bonds. The second kappa shape index (κ2) is 12.7. The highest BCUT2D eigenvalue weighted by atomic mass is 16.5. The van der Waals surface area contributed by atoms with Crippen molar-refractivity contribution in [3.05, 3.63) is 42.5 Å². The number of rotatable bonds is 14. The third kappa shape index (κ3) is 7.84. The van der Waals surface area contributed by atoms with Crippen molar-refractivity contribution < 1.29 is 9.53 Å². The molecular formula is C27H40O2. The van der Waals surface area contributed by atoms with E-state index in [1.807, 2.05) is 30.3 Å². The molecule has 0 fully saturated rings. The Morgan fingerprint density at radius 1 is 0.759 bits per heavy atom. The van der Waals surface area contributed by atoms with Crippen molar-refractivity contribution in [2.75, 3.05) is 0 Å². The van der Waals surface area contributed by atoms with Gasteiger partial charge in [-0.15, -0.1) is 0 Å². The Kier molecular flexibility index (Phi) is 10.2. The number of hydrogen-bond acceptors (Lipinski definition) is 2. The average Bonchev–Trinajstić information content (AvgIpc) is 2.73. The first-order chi connectivity index (χ1) is 14.1. The maximum Gasteiger partial charge on any atom is 0.317 e. The van der Waals surface area contributed by atoms with Crippen LogP contribution in [0.1, 0.15) is 97.8 Å². The van der Waals surface area contributed by atoms with Crippen LogP contribution in [0.5, 0.6) is 5.75 Å². The Morgan fingerprint density at radius 2 is 1.31 bits per heavy atom. The molecule has 0 N–H and O–H groups in total. The monoisotopic (exact) mass is 396 g/mol. The molecule has 0 saturated carbocycles. The highest BCUT2D eigenvalue weighted by molar-refractivity contribution is 5.85. The first-order valence-electron chi connectivity index (χ1n) is 11.8. The Morgan fingerprint density at radius 3 is 1.97 bits per heavy atom. The smallest absolute Gasteiger partial charge is 0.317 e. The van der Waals surface area contributed by atoms with Gasteiger partial charge in [-0.2, -0.15) is 0 Å². The molecule has 2 aromatic carbocycles. The van der Waals surface area contributed by atoms with Gasteiger partial charge in [-0.05, 0) is 42.7 Å². The summed E-state index contributed by atoms with van der Waals surface area (Å²) in [6.45, 7) is 6.59. The van der Waals surface area contributed by atoms with E-state index in [1.54, 1.807) is 0 Å². The van der Waals surface area contributed by atoms with Gasteiger partial charge in [0.05, 0.1) is 5.41 Å². The molecular weight excluding hydrogens is 356 g/mol. The number of ether oxygens (including phenoxy) is 1.